The highest BCUT2D eigenvalue weighted by Gasteiger charge is 2.17. The van der Waals surface area contributed by atoms with E-state index in [1.807, 2.05) is 24.3 Å². The van der Waals surface area contributed by atoms with E-state index in [2.05, 4.69) is 0 Å². The normalized spacial score (nSPS) is 16.4. The summed E-state index contributed by atoms with van der Waals surface area (Å²) < 4.78 is 10.3. The number of ketones is 1. The monoisotopic (exact) mass is 274 g/mol. The molecule has 0 radical (unpaired) electrons. The van der Waals surface area contributed by atoms with Crippen LogP contribution in [0.4, 0.5) is 0 Å². The van der Waals surface area contributed by atoms with Gasteiger partial charge in [0.1, 0.15) is 5.75 Å². The number of allylic oxidation sites excluding steroid dienone is 1. The maximum absolute atomic E-state index is 11.7. The molecule has 0 saturated heterocycles. The molecular weight excluding hydrogens is 256 g/mol. The number of esters is 1. The molecule has 0 heterocycles. The quantitative estimate of drug-likeness (QED) is 0.612. The summed E-state index contributed by atoms with van der Waals surface area (Å²) in [4.78, 5) is 23.0. The Hall–Kier alpha value is -2.10. The first-order valence-corrected chi connectivity index (χ1v) is 6.82. The van der Waals surface area contributed by atoms with Crippen molar-refractivity contribution in [2.24, 2.45) is 0 Å². The lowest BCUT2D eigenvalue weighted by atomic mass is 10.1. The van der Waals surface area contributed by atoms with E-state index in [1.54, 1.807) is 13.0 Å². The first-order chi connectivity index (χ1) is 9.70. The van der Waals surface area contributed by atoms with Crippen molar-refractivity contribution >= 4 is 17.8 Å². The van der Waals surface area contributed by atoms with Crippen molar-refractivity contribution in [2.45, 2.75) is 26.2 Å². The van der Waals surface area contributed by atoms with Crippen LogP contribution in [-0.2, 0) is 14.3 Å². The van der Waals surface area contributed by atoms with Crippen molar-refractivity contribution in [3.05, 3.63) is 35.4 Å². The number of hydrogen-bond donors (Lipinski definition) is 0. The Kier molecular flexibility index (Phi) is 4.93. The minimum absolute atomic E-state index is 0.123. The molecule has 0 amide bonds. The van der Waals surface area contributed by atoms with Gasteiger partial charge >= 0.3 is 5.97 Å². The molecule has 4 heteroatoms. The molecule has 4 nitrogen and oxygen atoms in total. The largest absolute Gasteiger partial charge is 0.481 e. The van der Waals surface area contributed by atoms with Gasteiger partial charge in [0, 0.05) is 12.0 Å². The average Bonchev–Trinajstić information content (AvgIpc) is 2.84. The summed E-state index contributed by atoms with van der Waals surface area (Å²) in [6.07, 6.45) is 4.20. The van der Waals surface area contributed by atoms with Crippen LogP contribution in [0, 0.1) is 0 Å². The van der Waals surface area contributed by atoms with E-state index < -0.39 is 5.97 Å². The molecule has 0 bridgehead atoms. The second-order valence-corrected chi connectivity index (χ2v) is 4.58. The Morgan fingerprint density at radius 2 is 2.10 bits per heavy atom. The minimum atomic E-state index is -0.396. The fourth-order valence-electron chi connectivity index (χ4n) is 2.15. The molecule has 1 aromatic carbocycles. The lowest BCUT2D eigenvalue weighted by molar-refractivity contribution is -0.145. The van der Waals surface area contributed by atoms with Crippen LogP contribution >= 0.6 is 0 Å². The standard InChI is InChI=1S/C16H18O4/c1-2-19-16(18)11-20-15-9-4-3-6-13(15)10-12-7-5-8-14(12)17/h3-4,6,9-10H,2,5,7-8,11H2,1H3. The van der Waals surface area contributed by atoms with Crippen LogP contribution in [0.5, 0.6) is 5.75 Å². The van der Waals surface area contributed by atoms with Gasteiger partial charge in [-0.1, -0.05) is 18.2 Å². The molecule has 0 spiro atoms. The van der Waals surface area contributed by atoms with Crippen molar-refractivity contribution in [2.75, 3.05) is 13.2 Å². The van der Waals surface area contributed by atoms with Gasteiger partial charge in [0.25, 0.3) is 0 Å². The van der Waals surface area contributed by atoms with Gasteiger partial charge < -0.3 is 9.47 Å². The number of carbonyl (C=O) groups is 2. The van der Waals surface area contributed by atoms with E-state index in [-0.39, 0.29) is 12.4 Å². The van der Waals surface area contributed by atoms with Crippen LogP contribution in [0.25, 0.3) is 6.08 Å². The molecule has 1 aliphatic carbocycles. The van der Waals surface area contributed by atoms with Gasteiger partial charge in [-0.3, -0.25) is 4.79 Å². The molecule has 20 heavy (non-hydrogen) atoms. The summed E-state index contributed by atoms with van der Waals surface area (Å²) in [5.74, 6) is 0.393. The van der Waals surface area contributed by atoms with Crippen LogP contribution in [0.1, 0.15) is 31.7 Å². The van der Waals surface area contributed by atoms with Gasteiger partial charge in [-0.15, -0.1) is 0 Å². The smallest absolute Gasteiger partial charge is 0.344 e. The third-order valence-electron chi connectivity index (χ3n) is 3.11. The summed E-state index contributed by atoms with van der Waals surface area (Å²) >= 11 is 0. The van der Waals surface area contributed by atoms with Gasteiger partial charge in [0.2, 0.25) is 0 Å². The Morgan fingerprint density at radius 1 is 1.30 bits per heavy atom. The van der Waals surface area contributed by atoms with Crippen molar-refractivity contribution in [1.82, 2.24) is 0 Å². The molecule has 0 aromatic heterocycles. The number of carbonyl (C=O) groups excluding carboxylic acids is 2. The summed E-state index contributed by atoms with van der Waals surface area (Å²) in [5, 5.41) is 0. The van der Waals surface area contributed by atoms with Gasteiger partial charge in [0.15, 0.2) is 12.4 Å². The van der Waals surface area contributed by atoms with Crippen LogP contribution in [0.2, 0.25) is 0 Å². The predicted molar refractivity (Wildman–Crippen MR) is 75.4 cm³/mol. The second-order valence-electron chi connectivity index (χ2n) is 4.58. The summed E-state index contributed by atoms with van der Waals surface area (Å²) in [6, 6.07) is 7.37. The van der Waals surface area contributed by atoms with Crippen LogP contribution in [0.3, 0.4) is 0 Å². The zero-order valence-corrected chi connectivity index (χ0v) is 11.6. The zero-order valence-electron chi connectivity index (χ0n) is 11.6. The Morgan fingerprint density at radius 3 is 2.80 bits per heavy atom. The van der Waals surface area contributed by atoms with Crippen molar-refractivity contribution in [3.63, 3.8) is 0 Å². The third kappa shape index (κ3) is 3.70. The number of benzene rings is 1. The third-order valence-corrected chi connectivity index (χ3v) is 3.11. The molecule has 2 rings (SSSR count). The Bertz CT molecular complexity index is 531. The molecular formula is C16H18O4. The molecule has 1 saturated carbocycles. The highest BCUT2D eigenvalue weighted by Crippen LogP contribution is 2.27. The number of hydrogen-bond acceptors (Lipinski definition) is 4. The first-order valence-electron chi connectivity index (χ1n) is 6.82. The lowest BCUT2D eigenvalue weighted by Crippen LogP contribution is -2.14. The van der Waals surface area contributed by atoms with E-state index in [0.717, 1.165) is 24.0 Å². The van der Waals surface area contributed by atoms with Gasteiger partial charge in [-0.2, -0.15) is 0 Å². The van der Waals surface area contributed by atoms with Gasteiger partial charge in [-0.05, 0) is 37.5 Å². The number of para-hydroxylation sites is 1. The molecule has 1 aromatic rings. The number of ether oxygens (including phenoxy) is 2. The Labute approximate surface area is 118 Å². The fraction of sp³-hybridized carbons (Fsp3) is 0.375. The highest BCUT2D eigenvalue weighted by molar-refractivity contribution is 6.01. The first kappa shape index (κ1) is 14.3. The Balaban J connectivity index is 2.10. The van der Waals surface area contributed by atoms with E-state index in [4.69, 9.17) is 9.47 Å². The maximum Gasteiger partial charge on any atom is 0.344 e. The predicted octanol–water partition coefficient (Wildman–Crippen LogP) is 2.76. The van der Waals surface area contributed by atoms with Crippen LogP contribution < -0.4 is 4.74 Å². The van der Waals surface area contributed by atoms with Gasteiger partial charge in [0.05, 0.1) is 6.61 Å². The molecule has 106 valence electrons. The highest BCUT2D eigenvalue weighted by atomic mass is 16.6. The topological polar surface area (TPSA) is 52.6 Å². The van der Waals surface area contributed by atoms with E-state index in [1.165, 1.54) is 0 Å². The van der Waals surface area contributed by atoms with E-state index >= 15 is 0 Å². The van der Waals surface area contributed by atoms with E-state index in [0.29, 0.717) is 18.8 Å². The van der Waals surface area contributed by atoms with Crippen molar-refractivity contribution in [3.8, 4) is 5.75 Å². The van der Waals surface area contributed by atoms with Crippen LogP contribution in [-0.4, -0.2) is 25.0 Å². The lowest BCUT2D eigenvalue weighted by Gasteiger charge is -2.09. The summed E-state index contributed by atoms with van der Waals surface area (Å²) in [5.41, 5.74) is 1.65. The number of rotatable bonds is 5. The van der Waals surface area contributed by atoms with Crippen LogP contribution in [0.15, 0.2) is 29.8 Å². The van der Waals surface area contributed by atoms with Crippen molar-refractivity contribution < 1.29 is 19.1 Å². The second kappa shape index (κ2) is 6.89. The molecule has 0 aliphatic heterocycles. The molecule has 0 atom stereocenters. The average molecular weight is 274 g/mol. The number of Topliss-reactive ketones (excluding diaryl/α,β-unsaturated/α-hetero) is 1. The summed E-state index contributed by atoms with van der Waals surface area (Å²) in [7, 11) is 0. The van der Waals surface area contributed by atoms with E-state index in [9.17, 15) is 9.59 Å². The zero-order chi connectivity index (χ0) is 14.4. The minimum Gasteiger partial charge on any atom is -0.481 e. The van der Waals surface area contributed by atoms with Gasteiger partial charge in [-0.25, -0.2) is 4.79 Å². The SMILES string of the molecule is CCOC(=O)COc1ccccc1C=C1CCCC1=O. The molecule has 1 aliphatic rings. The molecule has 1 fully saturated rings. The molecule has 0 N–H and O–H groups in total. The maximum atomic E-state index is 11.7. The van der Waals surface area contributed by atoms with Crippen molar-refractivity contribution in [1.29, 1.82) is 0 Å². The summed E-state index contributed by atoms with van der Waals surface area (Å²) in [6.45, 7) is 1.96. The molecule has 0 unspecified atom stereocenters. The fourth-order valence-corrected chi connectivity index (χ4v) is 2.15.